The van der Waals surface area contributed by atoms with E-state index in [4.69, 9.17) is 4.74 Å². The van der Waals surface area contributed by atoms with Gasteiger partial charge >= 0.3 is 0 Å². The van der Waals surface area contributed by atoms with E-state index >= 15 is 0 Å². The summed E-state index contributed by atoms with van der Waals surface area (Å²) < 4.78 is 5.08. The van der Waals surface area contributed by atoms with Crippen LogP contribution in [-0.4, -0.2) is 113 Å². The highest BCUT2D eigenvalue weighted by Gasteiger charge is 2.17. The largest absolute Gasteiger partial charge is 0.385 e. The average molecular weight is 498 g/mol. The summed E-state index contributed by atoms with van der Waals surface area (Å²) in [6.07, 6.45) is 1.05. The topological polar surface area (TPSA) is 72.4 Å². The number of amides is 1. The molecule has 0 aromatic heterocycles. The molecule has 0 aromatic carbocycles. The Morgan fingerprint density at radius 3 is 2.48 bits per heavy atom. The summed E-state index contributed by atoms with van der Waals surface area (Å²) in [5, 5.41) is 6.69. The monoisotopic (exact) mass is 498 g/mol. The number of piperazine rings is 1. The lowest BCUT2D eigenvalue weighted by molar-refractivity contribution is -0.130. The lowest BCUT2D eigenvalue weighted by atomic mass is 10.3. The maximum atomic E-state index is 11.4. The van der Waals surface area contributed by atoms with Crippen LogP contribution in [0.1, 0.15) is 20.3 Å². The third-order valence-electron chi connectivity index (χ3n) is 4.52. The number of hydrogen-bond donors (Lipinski definition) is 2. The van der Waals surface area contributed by atoms with Crippen molar-refractivity contribution in [3.8, 4) is 0 Å². The molecule has 0 radical (unpaired) electrons. The Morgan fingerprint density at radius 2 is 1.89 bits per heavy atom. The molecule has 8 nitrogen and oxygen atoms in total. The zero-order valence-corrected chi connectivity index (χ0v) is 19.8. The van der Waals surface area contributed by atoms with Gasteiger partial charge in [-0.15, -0.1) is 24.0 Å². The second-order valence-corrected chi connectivity index (χ2v) is 6.68. The van der Waals surface area contributed by atoms with Crippen LogP contribution in [-0.2, 0) is 9.53 Å². The average Bonchev–Trinajstić information content (AvgIpc) is 2.62. The number of halogens is 1. The van der Waals surface area contributed by atoms with Crippen molar-refractivity contribution < 1.29 is 9.53 Å². The first-order chi connectivity index (χ1) is 12.6. The van der Waals surface area contributed by atoms with Gasteiger partial charge in [-0.3, -0.25) is 14.7 Å². The molecule has 9 heteroatoms. The van der Waals surface area contributed by atoms with Crippen LogP contribution in [0.4, 0.5) is 0 Å². The fraction of sp³-hybridized carbons (Fsp3) is 0.889. The predicted octanol–water partition coefficient (Wildman–Crippen LogP) is 0.292. The van der Waals surface area contributed by atoms with Gasteiger partial charge in [0, 0.05) is 79.5 Å². The first-order valence-corrected chi connectivity index (χ1v) is 9.74. The zero-order valence-electron chi connectivity index (χ0n) is 17.5. The van der Waals surface area contributed by atoms with Crippen LogP contribution in [0, 0.1) is 0 Å². The van der Waals surface area contributed by atoms with Crippen LogP contribution < -0.4 is 10.6 Å². The summed E-state index contributed by atoms with van der Waals surface area (Å²) in [6, 6.07) is 0. The van der Waals surface area contributed by atoms with E-state index in [0.717, 1.165) is 84.4 Å². The first kappa shape index (κ1) is 26.4. The minimum Gasteiger partial charge on any atom is -0.385 e. The Bertz CT molecular complexity index is 417. The standard InChI is InChI=1S/C18H38N6O2.HI/c1-5-19-18(20-7-10-22(3)9-6-16-26-4)21-8-11-23-12-14-24(15-13-23)17(2)25;/h5-16H2,1-4H3,(H2,19,20,21);1H. The SMILES string of the molecule is CCNC(=NCCN1CCN(C(C)=O)CC1)NCCN(C)CCCOC.I. The lowest BCUT2D eigenvalue weighted by Gasteiger charge is -2.33. The van der Waals surface area contributed by atoms with E-state index in [1.807, 2.05) is 4.90 Å². The molecule has 1 aliphatic rings. The van der Waals surface area contributed by atoms with E-state index in [0.29, 0.717) is 0 Å². The molecule has 1 saturated heterocycles. The van der Waals surface area contributed by atoms with Crippen molar-refractivity contribution >= 4 is 35.8 Å². The molecule has 0 aliphatic carbocycles. The number of aliphatic imine (C=N–C) groups is 1. The Hall–Kier alpha value is -0.650. The van der Waals surface area contributed by atoms with Crippen LogP contribution in [0.5, 0.6) is 0 Å². The predicted molar refractivity (Wildman–Crippen MR) is 122 cm³/mol. The summed E-state index contributed by atoms with van der Waals surface area (Å²) >= 11 is 0. The third kappa shape index (κ3) is 12.4. The molecule has 0 bridgehead atoms. The van der Waals surface area contributed by atoms with Gasteiger partial charge in [-0.05, 0) is 20.4 Å². The molecule has 0 saturated carbocycles. The van der Waals surface area contributed by atoms with Crippen molar-refractivity contribution in [1.82, 2.24) is 25.3 Å². The molecule has 1 amide bonds. The minimum atomic E-state index is 0. The molecule has 0 spiro atoms. The number of carbonyl (C=O) groups excluding carboxylic acids is 1. The molecule has 1 rings (SSSR count). The molecule has 1 aliphatic heterocycles. The summed E-state index contributed by atoms with van der Waals surface area (Å²) in [7, 11) is 3.87. The van der Waals surface area contributed by atoms with E-state index < -0.39 is 0 Å². The second-order valence-electron chi connectivity index (χ2n) is 6.68. The maximum absolute atomic E-state index is 11.4. The molecule has 0 aromatic rings. The van der Waals surface area contributed by atoms with Crippen molar-refractivity contribution in [2.24, 2.45) is 4.99 Å². The van der Waals surface area contributed by atoms with Gasteiger partial charge in [-0.25, -0.2) is 0 Å². The van der Waals surface area contributed by atoms with Gasteiger partial charge in [0.15, 0.2) is 5.96 Å². The van der Waals surface area contributed by atoms with E-state index in [1.165, 1.54) is 0 Å². The number of rotatable bonds is 11. The van der Waals surface area contributed by atoms with Gasteiger partial charge < -0.3 is 25.2 Å². The molecular weight excluding hydrogens is 459 g/mol. The molecule has 1 fully saturated rings. The number of nitrogens with one attached hydrogen (secondary N) is 2. The van der Waals surface area contributed by atoms with Gasteiger partial charge in [0.05, 0.1) is 6.54 Å². The summed E-state index contributed by atoms with van der Waals surface area (Å²) in [5.74, 6) is 1.05. The third-order valence-corrected chi connectivity index (χ3v) is 4.52. The smallest absolute Gasteiger partial charge is 0.219 e. The van der Waals surface area contributed by atoms with Crippen molar-refractivity contribution in [3.05, 3.63) is 0 Å². The van der Waals surface area contributed by atoms with E-state index in [1.54, 1.807) is 14.0 Å². The summed E-state index contributed by atoms with van der Waals surface area (Å²) in [5.41, 5.74) is 0. The number of carbonyl (C=O) groups is 1. The molecular formula is C18H39IN6O2. The van der Waals surface area contributed by atoms with Crippen molar-refractivity contribution in [3.63, 3.8) is 0 Å². The fourth-order valence-corrected chi connectivity index (χ4v) is 2.89. The number of nitrogens with zero attached hydrogens (tertiary/aromatic N) is 4. The Kier molecular flexibility index (Phi) is 15.9. The van der Waals surface area contributed by atoms with Crippen LogP contribution in [0.25, 0.3) is 0 Å². The van der Waals surface area contributed by atoms with Crippen molar-refractivity contribution in [1.29, 1.82) is 0 Å². The number of ether oxygens (including phenoxy) is 1. The van der Waals surface area contributed by atoms with Crippen LogP contribution in [0.3, 0.4) is 0 Å². The first-order valence-electron chi connectivity index (χ1n) is 9.74. The van der Waals surface area contributed by atoms with Crippen LogP contribution >= 0.6 is 24.0 Å². The van der Waals surface area contributed by atoms with Gasteiger partial charge in [0.2, 0.25) is 5.91 Å². The summed E-state index contributed by atoms with van der Waals surface area (Å²) in [4.78, 5) is 22.6. The number of hydrogen-bond acceptors (Lipinski definition) is 5. The zero-order chi connectivity index (χ0) is 19.2. The van der Waals surface area contributed by atoms with Gasteiger partial charge in [0.1, 0.15) is 0 Å². The number of guanidine groups is 1. The fourth-order valence-electron chi connectivity index (χ4n) is 2.89. The minimum absolute atomic E-state index is 0. The van der Waals surface area contributed by atoms with Gasteiger partial charge in [0.25, 0.3) is 0 Å². The Morgan fingerprint density at radius 1 is 1.19 bits per heavy atom. The van der Waals surface area contributed by atoms with Gasteiger partial charge in [-0.2, -0.15) is 0 Å². The molecule has 2 N–H and O–H groups in total. The van der Waals surface area contributed by atoms with Crippen molar-refractivity contribution in [2.45, 2.75) is 20.3 Å². The quantitative estimate of drug-likeness (QED) is 0.185. The summed E-state index contributed by atoms with van der Waals surface area (Å²) in [6.45, 7) is 13.5. The Balaban J connectivity index is 0.00000676. The number of likely N-dealkylation sites (N-methyl/N-ethyl adjacent to an activating group) is 1. The molecule has 160 valence electrons. The number of methoxy groups -OCH3 is 1. The maximum Gasteiger partial charge on any atom is 0.219 e. The molecule has 1 heterocycles. The van der Waals surface area contributed by atoms with E-state index in [9.17, 15) is 4.79 Å². The van der Waals surface area contributed by atoms with Crippen LogP contribution in [0.2, 0.25) is 0 Å². The second kappa shape index (κ2) is 16.3. The van der Waals surface area contributed by atoms with Crippen molar-refractivity contribution in [2.75, 3.05) is 86.2 Å². The molecule has 0 atom stereocenters. The van der Waals surface area contributed by atoms with Crippen LogP contribution in [0.15, 0.2) is 4.99 Å². The van der Waals surface area contributed by atoms with E-state index in [-0.39, 0.29) is 29.9 Å². The lowest BCUT2D eigenvalue weighted by Crippen LogP contribution is -2.48. The van der Waals surface area contributed by atoms with Gasteiger partial charge in [-0.1, -0.05) is 0 Å². The van der Waals surface area contributed by atoms with E-state index in [2.05, 4.69) is 39.4 Å². The highest BCUT2D eigenvalue weighted by atomic mass is 127. The molecule has 0 unspecified atom stereocenters. The normalized spacial score (nSPS) is 15.6. The molecule has 27 heavy (non-hydrogen) atoms. The highest BCUT2D eigenvalue weighted by molar-refractivity contribution is 14.0. The highest BCUT2D eigenvalue weighted by Crippen LogP contribution is 2.01. The Labute approximate surface area is 182 Å².